The summed E-state index contributed by atoms with van der Waals surface area (Å²) in [5, 5.41) is 9.40. The molecule has 0 saturated heterocycles. The van der Waals surface area contributed by atoms with Crippen LogP contribution in [0.2, 0.25) is 0 Å². The first-order valence-electron chi connectivity index (χ1n) is 4.47. The average Bonchev–Trinajstić information content (AvgIpc) is 1.97. The van der Waals surface area contributed by atoms with Crippen molar-refractivity contribution < 1.29 is 5.11 Å². The maximum atomic E-state index is 9.40. The number of aliphatic hydroxyl groups excluding tert-OH is 1. The smallest absolute Gasteiger partial charge is 0.0563 e. The third kappa shape index (κ3) is 6.11. The van der Waals surface area contributed by atoms with Gasteiger partial charge in [0.1, 0.15) is 0 Å². The highest BCUT2D eigenvalue weighted by Gasteiger charge is 2.07. The minimum atomic E-state index is -0.111. The number of rotatable bonds is 6. The van der Waals surface area contributed by atoms with Gasteiger partial charge in [-0.1, -0.05) is 26.3 Å². The van der Waals surface area contributed by atoms with Crippen LogP contribution in [0.4, 0.5) is 0 Å². The Hall–Kier alpha value is -0.300. The largest absolute Gasteiger partial charge is 0.393 e. The highest BCUT2D eigenvalue weighted by Crippen LogP contribution is 2.10. The van der Waals surface area contributed by atoms with Gasteiger partial charge in [0.15, 0.2) is 0 Å². The standard InChI is InChI=1S/C10H20O/c1-4-5-6-7-8-10(11)9(2)3/h4,9-11H,1,5-8H2,2-3H3. The first-order chi connectivity index (χ1) is 5.18. The van der Waals surface area contributed by atoms with Gasteiger partial charge in [-0.25, -0.2) is 0 Å². The van der Waals surface area contributed by atoms with Crippen molar-refractivity contribution in [3.8, 4) is 0 Å². The molecule has 0 aliphatic carbocycles. The molecule has 0 aromatic carbocycles. The van der Waals surface area contributed by atoms with Crippen LogP contribution in [0.3, 0.4) is 0 Å². The minimum absolute atomic E-state index is 0.111. The number of hydrogen-bond acceptors (Lipinski definition) is 1. The molecule has 1 N–H and O–H groups in total. The minimum Gasteiger partial charge on any atom is -0.393 e. The summed E-state index contributed by atoms with van der Waals surface area (Å²) in [4.78, 5) is 0. The van der Waals surface area contributed by atoms with Gasteiger partial charge in [-0.05, 0) is 25.2 Å². The van der Waals surface area contributed by atoms with Crippen LogP contribution < -0.4 is 0 Å². The van der Waals surface area contributed by atoms with E-state index in [2.05, 4.69) is 20.4 Å². The molecule has 0 radical (unpaired) electrons. The van der Waals surface area contributed by atoms with Crippen molar-refractivity contribution in [3.05, 3.63) is 12.7 Å². The molecular formula is C10H20O. The molecular weight excluding hydrogens is 136 g/mol. The monoisotopic (exact) mass is 156 g/mol. The lowest BCUT2D eigenvalue weighted by Crippen LogP contribution is -2.13. The van der Waals surface area contributed by atoms with E-state index in [0.717, 1.165) is 25.7 Å². The van der Waals surface area contributed by atoms with Crippen LogP contribution in [0.1, 0.15) is 39.5 Å². The Morgan fingerprint density at radius 3 is 2.45 bits per heavy atom. The van der Waals surface area contributed by atoms with Crippen LogP contribution in [0, 0.1) is 5.92 Å². The maximum absolute atomic E-state index is 9.40. The van der Waals surface area contributed by atoms with Crippen molar-refractivity contribution in [3.63, 3.8) is 0 Å². The second kappa shape index (κ2) is 6.41. The molecule has 0 heterocycles. The predicted molar refractivity (Wildman–Crippen MR) is 49.5 cm³/mol. The second-order valence-electron chi connectivity index (χ2n) is 3.38. The molecule has 0 aromatic heterocycles. The molecule has 0 aliphatic heterocycles. The molecule has 11 heavy (non-hydrogen) atoms. The van der Waals surface area contributed by atoms with Crippen LogP contribution >= 0.6 is 0 Å². The first kappa shape index (κ1) is 10.7. The van der Waals surface area contributed by atoms with Crippen LogP contribution in [0.15, 0.2) is 12.7 Å². The van der Waals surface area contributed by atoms with E-state index in [1.54, 1.807) is 0 Å². The van der Waals surface area contributed by atoms with Crippen LogP contribution in [0.5, 0.6) is 0 Å². The fourth-order valence-corrected chi connectivity index (χ4v) is 0.975. The normalized spacial score (nSPS) is 13.5. The van der Waals surface area contributed by atoms with Crippen molar-refractivity contribution in [2.45, 2.75) is 45.6 Å². The van der Waals surface area contributed by atoms with E-state index in [1.807, 2.05) is 6.08 Å². The van der Waals surface area contributed by atoms with Gasteiger partial charge in [0.25, 0.3) is 0 Å². The van der Waals surface area contributed by atoms with Gasteiger partial charge in [-0.15, -0.1) is 6.58 Å². The summed E-state index contributed by atoms with van der Waals surface area (Å²) >= 11 is 0. The van der Waals surface area contributed by atoms with Crippen molar-refractivity contribution in [2.24, 2.45) is 5.92 Å². The zero-order chi connectivity index (χ0) is 8.69. The molecule has 0 spiro atoms. The molecule has 0 fully saturated rings. The zero-order valence-corrected chi connectivity index (χ0v) is 7.71. The van der Waals surface area contributed by atoms with E-state index in [4.69, 9.17) is 0 Å². The zero-order valence-electron chi connectivity index (χ0n) is 7.71. The summed E-state index contributed by atoms with van der Waals surface area (Å²) < 4.78 is 0. The molecule has 1 unspecified atom stereocenters. The Morgan fingerprint density at radius 1 is 1.36 bits per heavy atom. The van der Waals surface area contributed by atoms with Crippen molar-refractivity contribution in [2.75, 3.05) is 0 Å². The lowest BCUT2D eigenvalue weighted by atomic mass is 10.0. The molecule has 0 amide bonds. The summed E-state index contributed by atoms with van der Waals surface area (Å²) in [6, 6.07) is 0. The third-order valence-electron chi connectivity index (χ3n) is 1.93. The van der Waals surface area contributed by atoms with Gasteiger partial charge >= 0.3 is 0 Å². The van der Waals surface area contributed by atoms with Gasteiger partial charge in [-0.3, -0.25) is 0 Å². The molecule has 66 valence electrons. The Labute approximate surface area is 70.1 Å². The Bertz CT molecular complexity index is 97.0. The molecule has 1 heteroatoms. The van der Waals surface area contributed by atoms with E-state index in [1.165, 1.54) is 0 Å². The summed E-state index contributed by atoms with van der Waals surface area (Å²) in [5.74, 6) is 0.402. The summed E-state index contributed by atoms with van der Waals surface area (Å²) in [6.45, 7) is 7.76. The van der Waals surface area contributed by atoms with Gasteiger partial charge in [0.2, 0.25) is 0 Å². The van der Waals surface area contributed by atoms with Gasteiger partial charge in [-0.2, -0.15) is 0 Å². The highest BCUT2D eigenvalue weighted by molar-refractivity contribution is 4.67. The lowest BCUT2D eigenvalue weighted by molar-refractivity contribution is 0.113. The number of hydrogen-bond donors (Lipinski definition) is 1. The summed E-state index contributed by atoms with van der Waals surface area (Å²) in [7, 11) is 0. The van der Waals surface area contributed by atoms with E-state index in [9.17, 15) is 5.11 Å². The molecule has 0 bridgehead atoms. The van der Waals surface area contributed by atoms with E-state index >= 15 is 0 Å². The molecule has 0 aromatic rings. The SMILES string of the molecule is C=CCCCCC(O)C(C)C. The van der Waals surface area contributed by atoms with Gasteiger partial charge in [0.05, 0.1) is 6.10 Å². The van der Waals surface area contributed by atoms with E-state index in [-0.39, 0.29) is 6.10 Å². The number of unbranched alkanes of at least 4 members (excludes halogenated alkanes) is 2. The average molecular weight is 156 g/mol. The molecule has 0 aliphatic rings. The Balaban J connectivity index is 3.17. The summed E-state index contributed by atoms with van der Waals surface area (Å²) in [6.07, 6.45) is 6.11. The van der Waals surface area contributed by atoms with Crippen molar-refractivity contribution >= 4 is 0 Å². The Morgan fingerprint density at radius 2 is 2.00 bits per heavy atom. The topological polar surface area (TPSA) is 20.2 Å². The van der Waals surface area contributed by atoms with E-state index in [0.29, 0.717) is 5.92 Å². The van der Waals surface area contributed by atoms with Crippen molar-refractivity contribution in [1.29, 1.82) is 0 Å². The van der Waals surface area contributed by atoms with Crippen LogP contribution in [-0.4, -0.2) is 11.2 Å². The number of aliphatic hydroxyl groups is 1. The molecule has 0 saturated carbocycles. The Kier molecular flexibility index (Phi) is 6.24. The van der Waals surface area contributed by atoms with Gasteiger partial charge < -0.3 is 5.11 Å². The quantitative estimate of drug-likeness (QED) is 0.463. The van der Waals surface area contributed by atoms with Crippen molar-refractivity contribution in [1.82, 2.24) is 0 Å². The molecule has 0 rings (SSSR count). The molecule has 1 nitrogen and oxygen atoms in total. The summed E-state index contributed by atoms with van der Waals surface area (Å²) in [5.41, 5.74) is 0. The lowest BCUT2D eigenvalue weighted by Gasteiger charge is -2.13. The number of allylic oxidation sites excluding steroid dienone is 1. The van der Waals surface area contributed by atoms with E-state index < -0.39 is 0 Å². The van der Waals surface area contributed by atoms with Gasteiger partial charge in [0, 0.05) is 0 Å². The maximum Gasteiger partial charge on any atom is 0.0563 e. The highest BCUT2D eigenvalue weighted by atomic mass is 16.3. The van der Waals surface area contributed by atoms with Crippen LogP contribution in [0.25, 0.3) is 0 Å². The fourth-order valence-electron chi connectivity index (χ4n) is 0.975. The predicted octanol–water partition coefficient (Wildman–Crippen LogP) is 2.75. The van der Waals surface area contributed by atoms with Crippen LogP contribution in [-0.2, 0) is 0 Å². The third-order valence-corrected chi connectivity index (χ3v) is 1.93. The second-order valence-corrected chi connectivity index (χ2v) is 3.38. The molecule has 1 atom stereocenters. The fraction of sp³-hybridized carbons (Fsp3) is 0.800. The first-order valence-corrected chi connectivity index (χ1v) is 4.47.